The molecule has 8 nitrogen and oxygen atoms in total. The van der Waals surface area contributed by atoms with E-state index in [1.165, 1.54) is 6.92 Å². The summed E-state index contributed by atoms with van der Waals surface area (Å²) >= 11 is 1.55. The van der Waals surface area contributed by atoms with E-state index in [2.05, 4.69) is 10.9 Å². The summed E-state index contributed by atoms with van der Waals surface area (Å²) in [7, 11) is 0. The fourth-order valence-corrected chi connectivity index (χ4v) is 4.60. The van der Waals surface area contributed by atoms with E-state index in [4.69, 9.17) is 4.74 Å². The quantitative estimate of drug-likeness (QED) is 0.582. The van der Waals surface area contributed by atoms with Gasteiger partial charge in [-0.05, 0) is 32.4 Å². The predicted molar refractivity (Wildman–Crippen MR) is 98.3 cm³/mol. The number of carbonyl (C=O) groups is 4. The summed E-state index contributed by atoms with van der Waals surface area (Å²) in [5, 5.41) is 0. The fraction of sp³-hybridized carbons (Fsp3) is 0.444. The Labute approximate surface area is 161 Å². The van der Waals surface area contributed by atoms with Crippen molar-refractivity contribution in [2.24, 2.45) is 0 Å². The van der Waals surface area contributed by atoms with Crippen molar-refractivity contribution in [1.29, 1.82) is 0 Å². The summed E-state index contributed by atoms with van der Waals surface area (Å²) in [6.07, 6.45) is -0.000397. The van der Waals surface area contributed by atoms with Gasteiger partial charge >= 0.3 is 5.97 Å². The van der Waals surface area contributed by atoms with E-state index in [1.807, 2.05) is 6.92 Å². The smallest absolute Gasteiger partial charge is 0.330 e. The van der Waals surface area contributed by atoms with Gasteiger partial charge in [0, 0.05) is 17.7 Å². The Morgan fingerprint density at radius 2 is 1.96 bits per heavy atom. The van der Waals surface area contributed by atoms with Gasteiger partial charge in [0.15, 0.2) is 6.10 Å². The van der Waals surface area contributed by atoms with Crippen LogP contribution in [0.3, 0.4) is 0 Å². The Hall–Kier alpha value is -2.55. The predicted octanol–water partition coefficient (Wildman–Crippen LogP) is 0.833. The van der Waals surface area contributed by atoms with E-state index in [-0.39, 0.29) is 10.8 Å². The van der Waals surface area contributed by atoms with Crippen LogP contribution >= 0.6 is 11.8 Å². The van der Waals surface area contributed by atoms with Crippen molar-refractivity contribution in [2.75, 3.05) is 5.75 Å². The first-order valence-corrected chi connectivity index (χ1v) is 9.62. The summed E-state index contributed by atoms with van der Waals surface area (Å²) in [5.74, 6) is -1.38. The highest BCUT2D eigenvalue weighted by atomic mass is 32.2. The maximum absolute atomic E-state index is 12.5. The Balaban J connectivity index is 1.52. The molecular formula is C18H21N3O5S. The average molecular weight is 391 g/mol. The summed E-state index contributed by atoms with van der Waals surface area (Å²) in [6.45, 7) is 3.35. The lowest BCUT2D eigenvalue weighted by molar-refractivity contribution is -0.161. The van der Waals surface area contributed by atoms with Gasteiger partial charge in [-0.2, -0.15) is 0 Å². The number of ether oxygens (including phenoxy) is 1. The number of esters is 1. The second-order valence-electron chi connectivity index (χ2n) is 6.65. The minimum absolute atomic E-state index is 0.0725. The number of hydrazine groups is 1. The number of hydrogen-bond acceptors (Lipinski definition) is 6. The van der Waals surface area contributed by atoms with Crippen LogP contribution < -0.4 is 10.9 Å². The number of carbonyl (C=O) groups excluding carboxylic acids is 4. The van der Waals surface area contributed by atoms with Crippen LogP contribution in [0.25, 0.3) is 0 Å². The van der Waals surface area contributed by atoms with Gasteiger partial charge in [0.1, 0.15) is 6.04 Å². The first kappa shape index (κ1) is 19.2. The number of benzene rings is 1. The van der Waals surface area contributed by atoms with E-state index >= 15 is 0 Å². The Morgan fingerprint density at radius 1 is 1.26 bits per heavy atom. The highest BCUT2D eigenvalue weighted by Gasteiger charge is 2.53. The maximum atomic E-state index is 12.5. The molecule has 3 rings (SSSR count). The van der Waals surface area contributed by atoms with Crippen LogP contribution in [0.4, 0.5) is 0 Å². The van der Waals surface area contributed by atoms with E-state index < -0.39 is 29.9 Å². The van der Waals surface area contributed by atoms with Crippen LogP contribution in [0.1, 0.15) is 37.0 Å². The molecule has 2 heterocycles. The minimum atomic E-state index is -1.11. The van der Waals surface area contributed by atoms with Gasteiger partial charge < -0.3 is 9.64 Å². The summed E-state index contributed by atoms with van der Waals surface area (Å²) in [5.41, 5.74) is 4.90. The van der Waals surface area contributed by atoms with Gasteiger partial charge in [-0.1, -0.05) is 18.2 Å². The molecule has 2 fully saturated rings. The van der Waals surface area contributed by atoms with Crippen molar-refractivity contribution in [3.05, 3.63) is 35.9 Å². The molecule has 0 saturated carbocycles. The van der Waals surface area contributed by atoms with Crippen molar-refractivity contribution in [3.8, 4) is 0 Å². The second kappa shape index (κ2) is 7.59. The molecule has 0 spiro atoms. The summed E-state index contributed by atoms with van der Waals surface area (Å²) < 4.78 is 5.23. The third-order valence-electron chi connectivity index (χ3n) is 4.71. The zero-order valence-corrected chi connectivity index (χ0v) is 15.9. The normalized spacial score (nSPS) is 24.9. The molecular weight excluding hydrogens is 370 g/mol. The van der Waals surface area contributed by atoms with Crippen molar-refractivity contribution in [1.82, 2.24) is 15.8 Å². The number of nitrogens with zero attached hydrogens (tertiary/aromatic N) is 1. The summed E-state index contributed by atoms with van der Waals surface area (Å²) in [6, 6.07) is 7.69. The molecule has 0 aliphatic carbocycles. The van der Waals surface area contributed by atoms with Gasteiger partial charge in [0.2, 0.25) is 5.91 Å². The van der Waals surface area contributed by atoms with E-state index in [1.54, 1.807) is 47.0 Å². The number of hydrogen-bond donors (Lipinski definition) is 2. The van der Waals surface area contributed by atoms with Crippen LogP contribution in [-0.2, 0) is 19.1 Å². The molecule has 2 aliphatic heterocycles. The van der Waals surface area contributed by atoms with Gasteiger partial charge in [-0.25, -0.2) is 4.79 Å². The van der Waals surface area contributed by atoms with Crippen LogP contribution in [0.2, 0.25) is 0 Å². The Morgan fingerprint density at radius 3 is 2.67 bits per heavy atom. The van der Waals surface area contributed by atoms with Crippen molar-refractivity contribution in [3.63, 3.8) is 0 Å². The molecule has 3 amide bonds. The number of nitrogens with one attached hydrogen (secondary N) is 2. The Kier molecular flexibility index (Phi) is 5.41. The molecule has 9 heteroatoms. The van der Waals surface area contributed by atoms with Crippen LogP contribution in [0.5, 0.6) is 0 Å². The van der Waals surface area contributed by atoms with Crippen LogP contribution in [0.15, 0.2) is 30.3 Å². The molecule has 0 radical (unpaired) electrons. The van der Waals surface area contributed by atoms with Crippen molar-refractivity contribution >= 4 is 35.5 Å². The molecule has 0 unspecified atom stereocenters. The lowest BCUT2D eigenvalue weighted by atomic mass is 10.2. The number of rotatable bonds is 4. The Bertz CT molecular complexity index is 772. The zero-order valence-electron chi connectivity index (χ0n) is 15.1. The van der Waals surface area contributed by atoms with Gasteiger partial charge in [0.05, 0.1) is 4.87 Å². The fourth-order valence-electron chi connectivity index (χ4n) is 3.18. The van der Waals surface area contributed by atoms with Crippen molar-refractivity contribution in [2.45, 2.75) is 43.7 Å². The van der Waals surface area contributed by atoms with Gasteiger partial charge in [0.25, 0.3) is 11.8 Å². The monoisotopic (exact) mass is 391 g/mol. The molecule has 27 heavy (non-hydrogen) atoms. The zero-order chi connectivity index (χ0) is 19.6. The highest BCUT2D eigenvalue weighted by Crippen LogP contribution is 2.47. The molecule has 1 aromatic rings. The first-order chi connectivity index (χ1) is 12.8. The largest absolute Gasteiger partial charge is 0.451 e. The third-order valence-corrected chi connectivity index (χ3v) is 6.22. The molecule has 0 bridgehead atoms. The average Bonchev–Trinajstić information content (AvgIpc) is 3.16. The lowest BCUT2D eigenvalue weighted by Crippen LogP contribution is -2.50. The van der Waals surface area contributed by atoms with Gasteiger partial charge in [-0.15, -0.1) is 11.8 Å². The maximum Gasteiger partial charge on any atom is 0.330 e. The number of thioether (sulfide) groups is 1. The summed E-state index contributed by atoms with van der Waals surface area (Å²) in [4.78, 5) is 49.7. The minimum Gasteiger partial charge on any atom is -0.451 e. The van der Waals surface area contributed by atoms with Crippen LogP contribution in [-0.4, -0.2) is 51.4 Å². The van der Waals surface area contributed by atoms with Gasteiger partial charge in [-0.3, -0.25) is 25.2 Å². The molecule has 2 saturated heterocycles. The van der Waals surface area contributed by atoms with E-state index in [0.29, 0.717) is 24.2 Å². The molecule has 1 aromatic carbocycles. The number of amides is 3. The van der Waals surface area contributed by atoms with Crippen molar-refractivity contribution < 1.29 is 23.9 Å². The first-order valence-electron chi connectivity index (χ1n) is 8.64. The molecule has 2 N–H and O–H groups in total. The number of fused-ring (bicyclic) bond motifs is 1. The van der Waals surface area contributed by atoms with E-state index in [0.717, 1.165) is 0 Å². The SMILES string of the molecule is C[C@@H](OC(=O)[C@H]1CS[C@@]2(C)CCC(=O)N12)C(=O)NNC(=O)c1ccccc1. The lowest BCUT2D eigenvalue weighted by Gasteiger charge is -2.29. The topological polar surface area (TPSA) is 105 Å². The second-order valence-corrected chi connectivity index (χ2v) is 8.16. The molecule has 144 valence electrons. The standard InChI is InChI=1S/C18H21N3O5S/c1-11(15(23)19-20-16(24)12-6-4-3-5-7-12)26-17(25)13-10-27-18(2)9-8-14(22)21(13)18/h3-7,11,13H,8-10H2,1-2H3,(H,19,23)(H,20,24)/t11-,13-,18+/m1/s1. The van der Waals surface area contributed by atoms with E-state index in [9.17, 15) is 19.2 Å². The molecule has 0 aromatic heterocycles. The molecule has 3 atom stereocenters. The highest BCUT2D eigenvalue weighted by molar-refractivity contribution is 8.01. The van der Waals surface area contributed by atoms with Crippen LogP contribution in [0, 0.1) is 0 Å². The molecule has 2 aliphatic rings. The third kappa shape index (κ3) is 3.92.